The summed E-state index contributed by atoms with van der Waals surface area (Å²) >= 11 is 0. The van der Waals surface area contributed by atoms with E-state index in [0.717, 1.165) is 11.1 Å². The van der Waals surface area contributed by atoms with Gasteiger partial charge in [0.2, 0.25) is 0 Å². The molecule has 0 saturated heterocycles. The monoisotopic (exact) mass is 389 g/mol. The first-order valence-corrected chi connectivity index (χ1v) is 9.23. The Kier molecular flexibility index (Phi) is 5.20. The number of fused-ring (bicyclic) bond motifs is 1. The van der Waals surface area contributed by atoms with Crippen molar-refractivity contribution in [3.8, 4) is 11.3 Å². The van der Waals surface area contributed by atoms with Crippen molar-refractivity contribution < 1.29 is 14.1 Å². The van der Waals surface area contributed by atoms with E-state index in [0.29, 0.717) is 22.4 Å². The van der Waals surface area contributed by atoms with Crippen molar-refractivity contribution in [2.45, 2.75) is 26.5 Å². The lowest BCUT2D eigenvalue weighted by Gasteiger charge is -2.07. The number of aromatic nitrogens is 3. The molecule has 0 spiro atoms. The molecule has 0 bridgehead atoms. The molecular formula is C22H19N3O4. The number of carbonyl (C=O) groups is 1. The smallest absolute Gasteiger partial charge is 0.307 e. The topological polar surface area (TPSA) is 87.2 Å². The van der Waals surface area contributed by atoms with E-state index in [1.165, 1.54) is 10.9 Å². The lowest BCUT2D eigenvalue weighted by molar-refractivity contribution is -0.145. The van der Waals surface area contributed by atoms with E-state index in [4.69, 9.17) is 9.26 Å². The minimum absolute atomic E-state index is 0.0131. The molecule has 0 radical (unpaired) electrons. The van der Waals surface area contributed by atoms with Crippen LogP contribution >= 0.6 is 0 Å². The molecule has 0 amide bonds. The summed E-state index contributed by atoms with van der Waals surface area (Å²) in [6, 6.07) is 16.7. The summed E-state index contributed by atoms with van der Waals surface area (Å²) in [5, 5.41) is 4.46. The van der Waals surface area contributed by atoms with Gasteiger partial charge in [-0.25, -0.2) is 4.98 Å². The van der Waals surface area contributed by atoms with Gasteiger partial charge in [-0.05, 0) is 18.6 Å². The summed E-state index contributed by atoms with van der Waals surface area (Å²) in [5.41, 5.74) is 2.87. The number of para-hydroxylation sites is 1. The summed E-state index contributed by atoms with van der Waals surface area (Å²) < 4.78 is 12.0. The fourth-order valence-electron chi connectivity index (χ4n) is 3.05. The molecule has 4 aromatic rings. The number of hydrogen-bond acceptors (Lipinski definition) is 6. The second-order valence-electron chi connectivity index (χ2n) is 6.67. The van der Waals surface area contributed by atoms with Crippen molar-refractivity contribution in [1.82, 2.24) is 14.7 Å². The standard InChI is InChI=1S/C22H19N3O4/c1-15-6-5-9-18-21(15)23-14-25(22(18)27)11-10-20(26)28-13-17-12-19(29-24-17)16-7-3-2-4-8-16/h2-9,12,14H,10-11,13H2,1H3. The van der Waals surface area contributed by atoms with Crippen molar-refractivity contribution in [3.63, 3.8) is 0 Å². The number of hydrogen-bond donors (Lipinski definition) is 0. The third kappa shape index (κ3) is 4.08. The Hall–Kier alpha value is -3.74. The largest absolute Gasteiger partial charge is 0.459 e. The van der Waals surface area contributed by atoms with Crippen LogP contribution in [0.4, 0.5) is 0 Å². The maximum Gasteiger partial charge on any atom is 0.307 e. The molecule has 0 aliphatic carbocycles. The van der Waals surface area contributed by atoms with Crippen molar-refractivity contribution in [1.29, 1.82) is 0 Å². The molecular weight excluding hydrogens is 370 g/mol. The molecule has 7 nitrogen and oxygen atoms in total. The first-order chi connectivity index (χ1) is 14.1. The van der Waals surface area contributed by atoms with E-state index in [1.54, 1.807) is 12.1 Å². The second-order valence-corrected chi connectivity index (χ2v) is 6.67. The zero-order chi connectivity index (χ0) is 20.2. The summed E-state index contributed by atoms with van der Waals surface area (Å²) in [6.45, 7) is 2.12. The van der Waals surface area contributed by atoms with Crippen LogP contribution in [0.1, 0.15) is 17.7 Å². The molecule has 0 fully saturated rings. The quantitative estimate of drug-likeness (QED) is 0.469. The molecule has 0 N–H and O–H groups in total. The maximum atomic E-state index is 12.6. The van der Waals surface area contributed by atoms with Gasteiger partial charge in [0.05, 0.1) is 23.7 Å². The van der Waals surface area contributed by atoms with E-state index in [-0.39, 0.29) is 25.1 Å². The Labute approximate surface area is 166 Å². The highest BCUT2D eigenvalue weighted by atomic mass is 16.5. The van der Waals surface area contributed by atoms with Crippen molar-refractivity contribution >= 4 is 16.9 Å². The predicted octanol–water partition coefficient (Wildman–Crippen LogP) is 3.49. The molecule has 0 unspecified atom stereocenters. The Morgan fingerprint density at radius 1 is 1.14 bits per heavy atom. The van der Waals surface area contributed by atoms with Crippen LogP contribution in [0.15, 0.2) is 70.2 Å². The van der Waals surface area contributed by atoms with E-state index >= 15 is 0 Å². The molecule has 0 saturated carbocycles. The second kappa shape index (κ2) is 8.10. The van der Waals surface area contributed by atoms with Gasteiger partial charge in [-0.2, -0.15) is 0 Å². The molecule has 0 aliphatic rings. The molecule has 4 rings (SSSR count). The van der Waals surface area contributed by atoms with Crippen molar-refractivity contribution in [3.05, 3.63) is 82.5 Å². The van der Waals surface area contributed by atoms with Gasteiger partial charge in [0.15, 0.2) is 5.76 Å². The zero-order valence-electron chi connectivity index (χ0n) is 15.9. The minimum atomic E-state index is -0.425. The Bertz CT molecular complexity index is 1210. The Morgan fingerprint density at radius 3 is 2.79 bits per heavy atom. The molecule has 0 aliphatic heterocycles. The number of benzene rings is 2. The van der Waals surface area contributed by atoms with Crippen LogP contribution in [0.3, 0.4) is 0 Å². The van der Waals surface area contributed by atoms with Gasteiger partial charge in [-0.3, -0.25) is 14.2 Å². The SMILES string of the molecule is Cc1cccc2c(=O)n(CCC(=O)OCc3cc(-c4ccccc4)on3)cnc12. The molecule has 29 heavy (non-hydrogen) atoms. The van der Waals surface area contributed by atoms with Crippen LogP contribution in [-0.2, 0) is 22.7 Å². The predicted molar refractivity (Wildman–Crippen MR) is 107 cm³/mol. The summed E-state index contributed by atoms with van der Waals surface area (Å²) in [5.74, 6) is 0.186. The number of nitrogens with zero attached hydrogens (tertiary/aromatic N) is 3. The Balaban J connectivity index is 1.35. The molecule has 0 atom stereocenters. The lowest BCUT2D eigenvalue weighted by atomic mass is 10.1. The first kappa shape index (κ1) is 18.6. The highest BCUT2D eigenvalue weighted by Crippen LogP contribution is 2.20. The fraction of sp³-hybridized carbons (Fsp3) is 0.182. The van der Waals surface area contributed by atoms with Crippen LogP contribution in [-0.4, -0.2) is 20.7 Å². The van der Waals surface area contributed by atoms with Crippen LogP contribution in [0.2, 0.25) is 0 Å². The van der Waals surface area contributed by atoms with Crippen molar-refractivity contribution in [2.24, 2.45) is 0 Å². The van der Waals surface area contributed by atoms with Gasteiger partial charge in [-0.15, -0.1) is 0 Å². The number of aryl methyl sites for hydroxylation is 2. The van der Waals surface area contributed by atoms with Crippen LogP contribution in [0.25, 0.3) is 22.2 Å². The minimum Gasteiger partial charge on any atom is -0.459 e. The van der Waals surface area contributed by atoms with Crippen LogP contribution in [0.5, 0.6) is 0 Å². The number of rotatable bonds is 6. The molecule has 2 heterocycles. The summed E-state index contributed by atoms with van der Waals surface area (Å²) in [4.78, 5) is 29.0. The van der Waals surface area contributed by atoms with E-state index in [1.807, 2.05) is 49.4 Å². The van der Waals surface area contributed by atoms with E-state index in [9.17, 15) is 9.59 Å². The number of ether oxygens (including phenoxy) is 1. The van der Waals surface area contributed by atoms with Gasteiger partial charge in [0.25, 0.3) is 5.56 Å². The summed E-state index contributed by atoms with van der Waals surface area (Å²) in [6.07, 6.45) is 1.52. The van der Waals surface area contributed by atoms with Gasteiger partial charge < -0.3 is 9.26 Å². The normalized spacial score (nSPS) is 10.9. The van der Waals surface area contributed by atoms with Crippen LogP contribution < -0.4 is 5.56 Å². The third-order valence-corrected chi connectivity index (χ3v) is 4.61. The first-order valence-electron chi connectivity index (χ1n) is 9.23. The van der Waals surface area contributed by atoms with E-state index in [2.05, 4.69) is 10.1 Å². The van der Waals surface area contributed by atoms with Gasteiger partial charge in [-0.1, -0.05) is 47.6 Å². The lowest BCUT2D eigenvalue weighted by Crippen LogP contribution is -2.22. The molecule has 146 valence electrons. The number of esters is 1. The van der Waals surface area contributed by atoms with Gasteiger partial charge in [0.1, 0.15) is 12.3 Å². The highest BCUT2D eigenvalue weighted by Gasteiger charge is 2.11. The maximum absolute atomic E-state index is 12.6. The van der Waals surface area contributed by atoms with E-state index < -0.39 is 5.97 Å². The molecule has 2 aromatic carbocycles. The molecule has 2 aromatic heterocycles. The average Bonchev–Trinajstić information content (AvgIpc) is 3.22. The van der Waals surface area contributed by atoms with Gasteiger partial charge in [0, 0.05) is 18.2 Å². The highest BCUT2D eigenvalue weighted by molar-refractivity contribution is 5.80. The fourth-order valence-corrected chi connectivity index (χ4v) is 3.05. The zero-order valence-corrected chi connectivity index (χ0v) is 15.9. The van der Waals surface area contributed by atoms with Crippen molar-refractivity contribution in [2.75, 3.05) is 0 Å². The average molecular weight is 389 g/mol. The van der Waals surface area contributed by atoms with Crippen LogP contribution in [0, 0.1) is 6.92 Å². The molecule has 7 heteroatoms. The van der Waals surface area contributed by atoms with Gasteiger partial charge >= 0.3 is 5.97 Å². The Morgan fingerprint density at radius 2 is 1.97 bits per heavy atom. The third-order valence-electron chi connectivity index (χ3n) is 4.61. The summed E-state index contributed by atoms with van der Waals surface area (Å²) in [7, 11) is 0. The number of carbonyl (C=O) groups excluding carboxylic acids is 1.